The molecule has 2 N–H and O–H groups in total. The third-order valence-electron chi connectivity index (χ3n) is 2.68. The van der Waals surface area contributed by atoms with Crippen LogP contribution in [0.5, 0.6) is 0 Å². The molecule has 0 aliphatic carbocycles. The molecule has 4 nitrogen and oxygen atoms in total. The lowest BCUT2D eigenvalue weighted by Gasteiger charge is -2.17. The van der Waals surface area contributed by atoms with Crippen molar-refractivity contribution in [1.82, 2.24) is 5.32 Å². The van der Waals surface area contributed by atoms with Crippen molar-refractivity contribution in [3.05, 3.63) is 0 Å². The lowest BCUT2D eigenvalue weighted by Crippen LogP contribution is -2.36. The molecule has 15 heavy (non-hydrogen) atoms. The average Bonchev–Trinajstić information content (AvgIpc) is 2.16. The molecular formula is C10H23NO3S. The van der Waals surface area contributed by atoms with E-state index in [1.807, 2.05) is 0 Å². The highest BCUT2D eigenvalue weighted by molar-refractivity contribution is 7.86. The zero-order valence-corrected chi connectivity index (χ0v) is 10.7. The van der Waals surface area contributed by atoms with Crippen LogP contribution in [-0.2, 0) is 10.1 Å². The van der Waals surface area contributed by atoms with E-state index in [2.05, 4.69) is 19.2 Å². The monoisotopic (exact) mass is 237 g/mol. The highest BCUT2D eigenvalue weighted by Gasteiger charge is 2.17. The Bertz CT molecular complexity index is 251. The topological polar surface area (TPSA) is 66.4 Å². The molecule has 0 aromatic heterocycles. The molecule has 0 aromatic rings. The van der Waals surface area contributed by atoms with Crippen molar-refractivity contribution >= 4 is 10.1 Å². The van der Waals surface area contributed by atoms with Crippen LogP contribution >= 0.6 is 0 Å². The van der Waals surface area contributed by atoms with Crippen molar-refractivity contribution in [2.24, 2.45) is 5.92 Å². The van der Waals surface area contributed by atoms with Gasteiger partial charge in [-0.15, -0.1) is 0 Å². The number of rotatable bonds is 8. The first-order valence-electron chi connectivity index (χ1n) is 5.61. The molecule has 0 heterocycles. The van der Waals surface area contributed by atoms with E-state index in [4.69, 9.17) is 4.55 Å². The van der Waals surface area contributed by atoms with Gasteiger partial charge in [0.05, 0.1) is 0 Å². The Balaban J connectivity index is 3.90. The smallest absolute Gasteiger partial charge is 0.280 e. The lowest BCUT2D eigenvalue weighted by atomic mass is 9.99. The van der Waals surface area contributed by atoms with Gasteiger partial charge in [-0.3, -0.25) is 9.87 Å². The molecule has 0 radical (unpaired) electrons. The van der Waals surface area contributed by atoms with Crippen molar-refractivity contribution in [1.29, 1.82) is 0 Å². The van der Waals surface area contributed by atoms with Crippen molar-refractivity contribution in [3.8, 4) is 0 Å². The third kappa shape index (κ3) is 6.87. The second-order valence-corrected chi connectivity index (χ2v) is 5.72. The first kappa shape index (κ1) is 14.9. The maximum absolute atomic E-state index is 10.7. The van der Waals surface area contributed by atoms with E-state index in [-0.39, 0.29) is 0 Å². The Morgan fingerprint density at radius 1 is 1.33 bits per heavy atom. The number of nitrogens with one attached hydrogen (secondary N) is 1. The van der Waals surface area contributed by atoms with Gasteiger partial charge in [0.15, 0.2) is 0 Å². The van der Waals surface area contributed by atoms with E-state index >= 15 is 0 Å². The molecule has 0 rings (SSSR count). The minimum atomic E-state index is -3.94. The fourth-order valence-electron chi connectivity index (χ4n) is 1.38. The molecule has 0 bridgehead atoms. The van der Waals surface area contributed by atoms with Gasteiger partial charge in [-0.2, -0.15) is 8.42 Å². The van der Waals surface area contributed by atoms with Crippen LogP contribution in [0, 0.1) is 5.92 Å². The number of unbranched alkanes of at least 4 members (excludes halogenated alkanes) is 1. The maximum Gasteiger partial charge on any atom is 0.280 e. The lowest BCUT2D eigenvalue weighted by molar-refractivity contribution is 0.400. The quantitative estimate of drug-likeness (QED) is 0.634. The van der Waals surface area contributed by atoms with E-state index in [0.29, 0.717) is 12.5 Å². The van der Waals surface area contributed by atoms with Crippen LogP contribution in [0.3, 0.4) is 0 Å². The summed E-state index contributed by atoms with van der Waals surface area (Å²) in [6, 6.07) is 0. The Labute approximate surface area is 93.2 Å². The van der Waals surface area contributed by atoms with E-state index in [1.165, 1.54) is 13.3 Å². The number of hydrogen-bond donors (Lipinski definition) is 2. The maximum atomic E-state index is 10.7. The highest BCUT2D eigenvalue weighted by Crippen LogP contribution is 2.11. The summed E-state index contributed by atoms with van der Waals surface area (Å²) in [5.41, 5.74) is 0. The molecule has 0 aliphatic heterocycles. The second kappa shape index (κ2) is 7.19. The first-order chi connectivity index (χ1) is 6.91. The van der Waals surface area contributed by atoms with Crippen LogP contribution in [0.1, 0.15) is 46.5 Å². The first-order valence-corrected chi connectivity index (χ1v) is 7.11. The van der Waals surface area contributed by atoms with E-state index < -0.39 is 15.5 Å². The molecule has 0 aliphatic rings. The van der Waals surface area contributed by atoms with Gasteiger partial charge in [0, 0.05) is 0 Å². The highest BCUT2D eigenvalue weighted by atomic mass is 32.2. The van der Waals surface area contributed by atoms with Crippen molar-refractivity contribution < 1.29 is 13.0 Å². The van der Waals surface area contributed by atoms with Gasteiger partial charge >= 0.3 is 0 Å². The van der Waals surface area contributed by atoms with Gasteiger partial charge in [0.1, 0.15) is 5.37 Å². The SMILES string of the molecule is CCCCC(CC)CNC(C)S(=O)(=O)O. The van der Waals surface area contributed by atoms with Crippen LogP contribution in [0.4, 0.5) is 0 Å². The van der Waals surface area contributed by atoms with Crippen LogP contribution in [0.25, 0.3) is 0 Å². The minimum Gasteiger partial charge on any atom is -0.299 e. The van der Waals surface area contributed by atoms with Crippen molar-refractivity contribution in [3.63, 3.8) is 0 Å². The summed E-state index contributed by atoms with van der Waals surface area (Å²) >= 11 is 0. The fraction of sp³-hybridized carbons (Fsp3) is 1.00. The Hall–Kier alpha value is -0.130. The van der Waals surface area contributed by atoms with Gasteiger partial charge in [-0.25, -0.2) is 0 Å². The van der Waals surface area contributed by atoms with Gasteiger partial charge in [0.25, 0.3) is 10.1 Å². The summed E-state index contributed by atoms with van der Waals surface area (Å²) in [4.78, 5) is 0. The summed E-state index contributed by atoms with van der Waals surface area (Å²) in [5.74, 6) is 0.495. The predicted molar refractivity (Wildman–Crippen MR) is 62.3 cm³/mol. The minimum absolute atomic E-state index is 0.495. The standard InChI is InChI=1S/C10H23NO3S/c1-4-6-7-10(5-2)8-11-9(3)15(12,13)14/h9-11H,4-8H2,1-3H3,(H,12,13,14). The molecule has 2 unspecified atom stereocenters. The predicted octanol–water partition coefficient (Wildman–Crippen LogP) is 2.03. The molecule has 0 spiro atoms. The van der Waals surface area contributed by atoms with Gasteiger partial charge in [-0.05, 0) is 25.8 Å². The summed E-state index contributed by atoms with van der Waals surface area (Å²) < 4.78 is 30.2. The average molecular weight is 237 g/mol. The molecular weight excluding hydrogens is 214 g/mol. The van der Waals surface area contributed by atoms with Crippen LogP contribution in [-0.4, -0.2) is 24.9 Å². The van der Waals surface area contributed by atoms with E-state index in [0.717, 1.165) is 19.3 Å². The molecule has 0 saturated carbocycles. The zero-order chi connectivity index (χ0) is 11.9. The summed E-state index contributed by atoms with van der Waals surface area (Å²) in [6.07, 6.45) is 4.47. The molecule has 0 amide bonds. The molecule has 0 fully saturated rings. The molecule has 0 saturated heterocycles. The Morgan fingerprint density at radius 2 is 1.93 bits per heavy atom. The van der Waals surface area contributed by atoms with E-state index in [1.54, 1.807) is 0 Å². The van der Waals surface area contributed by atoms with Gasteiger partial charge < -0.3 is 0 Å². The number of hydrogen-bond acceptors (Lipinski definition) is 3. The van der Waals surface area contributed by atoms with Gasteiger partial charge in [0.2, 0.25) is 0 Å². The van der Waals surface area contributed by atoms with E-state index in [9.17, 15) is 8.42 Å². The van der Waals surface area contributed by atoms with Crippen LogP contribution in [0.15, 0.2) is 0 Å². The molecule has 5 heteroatoms. The third-order valence-corrected chi connectivity index (χ3v) is 3.74. The molecule has 2 atom stereocenters. The van der Waals surface area contributed by atoms with Crippen LogP contribution in [0.2, 0.25) is 0 Å². The summed E-state index contributed by atoms with van der Waals surface area (Å²) in [7, 11) is -3.94. The molecule has 92 valence electrons. The normalized spacial score (nSPS) is 16.3. The van der Waals surface area contributed by atoms with Gasteiger partial charge in [-0.1, -0.05) is 33.1 Å². The Kier molecular flexibility index (Phi) is 7.13. The largest absolute Gasteiger partial charge is 0.299 e. The van der Waals surface area contributed by atoms with Crippen molar-refractivity contribution in [2.45, 2.75) is 51.8 Å². The van der Waals surface area contributed by atoms with Crippen LogP contribution < -0.4 is 5.32 Å². The summed E-state index contributed by atoms with van der Waals surface area (Å²) in [5, 5.41) is 1.98. The summed E-state index contributed by atoms with van der Waals surface area (Å²) in [6.45, 7) is 6.35. The second-order valence-electron chi connectivity index (χ2n) is 3.98. The Morgan fingerprint density at radius 3 is 2.33 bits per heavy atom. The zero-order valence-electron chi connectivity index (χ0n) is 9.86. The fourth-order valence-corrected chi connectivity index (χ4v) is 1.69. The van der Waals surface area contributed by atoms with Crippen molar-refractivity contribution in [2.75, 3.05) is 6.54 Å². The molecule has 0 aromatic carbocycles.